The lowest BCUT2D eigenvalue weighted by molar-refractivity contribution is 0.590. The van der Waals surface area contributed by atoms with Crippen molar-refractivity contribution in [2.75, 3.05) is 6.26 Å². The number of fused-ring (bicyclic) bond motifs is 1. The van der Waals surface area contributed by atoms with Crippen LogP contribution in [0.4, 0.5) is 0 Å². The van der Waals surface area contributed by atoms with Crippen LogP contribution in [0, 0.1) is 6.92 Å². The number of aromatic amines is 1. The molecule has 2 aromatic heterocycles. The molecule has 2 rings (SSSR count). The molecular weight excluding hydrogens is 226 g/mol. The lowest BCUT2D eigenvalue weighted by Crippen LogP contribution is -2.09. The van der Waals surface area contributed by atoms with Crippen molar-refractivity contribution in [2.45, 2.75) is 19.1 Å². The van der Waals surface area contributed by atoms with E-state index in [0.717, 1.165) is 11.2 Å². The second-order valence-corrected chi connectivity index (χ2v) is 6.28. The molecule has 1 N–H and O–H groups in total. The monoisotopic (exact) mass is 239 g/mol. The molecular formula is C10H13N3O2S. The number of hydrogen-bond donors (Lipinski definition) is 1. The van der Waals surface area contributed by atoms with Gasteiger partial charge >= 0.3 is 0 Å². The molecule has 1 unspecified atom stereocenters. The van der Waals surface area contributed by atoms with E-state index in [1.54, 1.807) is 6.92 Å². The van der Waals surface area contributed by atoms with Gasteiger partial charge in [0.1, 0.15) is 11.1 Å². The summed E-state index contributed by atoms with van der Waals surface area (Å²) in [5.74, 6) is 0.440. The van der Waals surface area contributed by atoms with Gasteiger partial charge in [0, 0.05) is 11.9 Å². The Kier molecular flexibility index (Phi) is 2.46. The number of hydrogen-bond acceptors (Lipinski definition) is 4. The van der Waals surface area contributed by atoms with Crippen LogP contribution in [-0.4, -0.2) is 29.6 Å². The number of nitrogens with one attached hydrogen (secondary N) is 1. The van der Waals surface area contributed by atoms with E-state index in [0.29, 0.717) is 11.5 Å². The minimum Gasteiger partial charge on any atom is -0.340 e. The van der Waals surface area contributed by atoms with Gasteiger partial charge in [-0.1, -0.05) is 0 Å². The molecule has 86 valence electrons. The Morgan fingerprint density at radius 2 is 2.00 bits per heavy atom. The normalized spacial score (nSPS) is 14.2. The van der Waals surface area contributed by atoms with Gasteiger partial charge in [-0.2, -0.15) is 0 Å². The molecule has 0 amide bonds. The molecule has 6 heteroatoms. The Morgan fingerprint density at radius 1 is 1.31 bits per heavy atom. The van der Waals surface area contributed by atoms with Crippen molar-refractivity contribution < 1.29 is 8.42 Å². The molecule has 0 aliphatic rings. The van der Waals surface area contributed by atoms with Crippen LogP contribution in [0.5, 0.6) is 0 Å². The number of aromatic nitrogens is 3. The summed E-state index contributed by atoms with van der Waals surface area (Å²) in [5.41, 5.74) is 2.18. The molecule has 0 aliphatic carbocycles. The number of aryl methyl sites for hydroxylation is 1. The van der Waals surface area contributed by atoms with E-state index >= 15 is 0 Å². The maximum atomic E-state index is 11.4. The standard InChI is InChI=1S/C10H13N3O2S/c1-6-4-5-8-10(11-6)13-9(12-8)7(2)16(3,14)15/h4-5,7H,1-3H3,(H,11,12,13). The van der Waals surface area contributed by atoms with Gasteiger partial charge in [-0.05, 0) is 26.0 Å². The van der Waals surface area contributed by atoms with E-state index in [1.807, 2.05) is 19.1 Å². The van der Waals surface area contributed by atoms with Gasteiger partial charge in [0.05, 0.1) is 5.52 Å². The van der Waals surface area contributed by atoms with Crippen molar-refractivity contribution in [3.05, 3.63) is 23.7 Å². The average Bonchev–Trinajstić information content (AvgIpc) is 2.57. The lowest BCUT2D eigenvalue weighted by atomic mass is 10.3. The fourth-order valence-electron chi connectivity index (χ4n) is 1.40. The maximum absolute atomic E-state index is 11.4. The Hall–Kier alpha value is -1.43. The summed E-state index contributed by atoms with van der Waals surface area (Å²) in [6.07, 6.45) is 1.20. The molecule has 1 atom stereocenters. The van der Waals surface area contributed by atoms with Gasteiger partial charge in [-0.15, -0.1) is 0 Å². The van der Waals surface area contributed by atoms with Crippen molar-refractivity contribution >= 4 is 21.0 Å². The second kappa shape index (κ2) is 3.55. The van der Waals surface area contributed by atoms with E-state index < -0.39 is 15.1 Å². The Balaban J connectivity index is 2.56. The largest absolute Gasteiger partial charge is 0.340 e. The zero-order valence-corrected chi connectivity index (χ0v) is 10.2. The van der Waals surface area contributed by atoms with Crippen LogP contribution in [0.2, 0.25) is 0 Å². The highest BCUT2D eigenvalue weighted by Gasteiger charge is 2.21. The first kappa shape index (κ1) is 11.1. The highest BCUT2D eigenvalue weighted by atomic mass is 32.2. The second-order valence-electron chi connectivity index (χ2n) is 3.92. The third-order valence-corrected chi connectivity index (χ3v) is 4.04. The van der Waals surface area contributed by atoms with Gasteiger partial charge in [-0.3, -0.25) is 0 Å². The summed E-state index contributed by atoms with van der Waals surface area (Å²) < 4.78 is 22.8. The minimum absolute atomic E-state index is 0.440. The van der Waals surface area contributed by atoms with Crippen molar-refractivity contribution in [3.63, 3.8) is 0 Å². The molecule has 5 nitrogen and oxygen atoms in total. The number of nitrogens with zero attached hydrogens (tertiary/aromatic N) is 2. The zero-order valence-electron chi connectivity index (χ0n) is 9.35. The molecule has 16 heavy (non-hydrogen) atoms. The molecule has 0 saturated heterocycles. The van der Waals surface area contributed by atoms with Gasteiger partial charge in [0.2, 0.25) is 0 Å². The van der Waals surface area contributed by atoms with Crippen molar-refractivity contribution in [1.82, 2.24) is 15.0 Å². The minimum atomic E-state index is -3.14. The molecule has 0 bridgehead atoms. The lowest BCUT2D eigenvalue weighted by Gasteiger charge is -2.03. The van der Waals surface area contributed by atoms with Crippen LogP contribution < -0.4 is 0 Å². The van der Waals surface area contributed by atoms with Crippen LogP contribution >= 0.6 is 0 Å². The Labute approximate surface area is 93.8 Å². The Morgan fingerprint density at radius 3 is 2.62 bits per heavy atom. The molecule has 0 radical (unpaired) electrons. The van der Waals surface area contributed by atoms with E-state index in [2.05, 4.69) is 15.0 Å². The summed E-state index contributed by atoms with van der Waals surface area (Å²) in [4.78, 5) is 11.4. The van der Waals surface area contributed by atoms with E-state index in [9.17, 15) is 8.42 Å². The van der Waals surface area contributed by atoms with Gasteiger partial charge in [-0.25, -0.2) is 18.4 Å². The van der Waals surface area contributed by atoms with Crippen LogP contribution in [0.15, 0.2) is 12.1 Å². The third kappa shape index (κ3) is 1.92. The predicted molar refractivity (Wildman–Crippen MR) is 61.9 cm³/mol. The molecule has 2 heterocycles. The fraction of sp³-hybridized carbons (Fsp3) is 0.400. The van der Waals surface area contributed by atoms with Crippen LogP contribution in [0.3, 0.4) is 0 Å². The quantitative estimate of drug-likeness (QED) is 0.858. The summed E-state index contributed by atoms with van der Waals surface area (Å²) in [7, 11) is -3.14. The molecule has 2 aromatic rings. The summed E-state index contributed by atoms with van der Waals surface area (Å²) in [5, 5.41) is -0.637. The van der Waals surface area contributed by atoms with E-state index in [1.165, 1.54) is 6.26 Å². The molecule has 0 aromatic carbocycles. The molecule has 0 saturated carbocycles. The smallest absolute Gasteiger partial charge is 0.177 e. The summed E-state index contributed by atoms with van der Waals surface area (Å²) in [6.45, 7) is 3.48. The molecule has 0 spiro atoms. The SMILES string of the molecule is Cc1ccc2[nH]c(C(C)S(C)(=O)=O)nc2n1. The fourth-order valence-corrected chi connectivity index (χ4v) is 1.92. The topological polar surface area (TPSA) is 75.7 Å². The van der Waals surface area contributed by atoms with Gasteiger partial charge in [0.25, 0.3) is 0 Å². The maximum Gasteiger partial charge on any atom is 0.177 e. The number of pyridine rings is 1. The van der Waals surface area contributed by atoms with Gasteiger partial charge in [0.15, 0.2) is 15.5 Å². The number of imidazole rings is 1. The Bertz CT molecular complexity index is 631. The summed E-state index contributed by atoms with van der Waals surface area (Å²) >= 11 is 0. The van der Waals surface area contributed by atoms with Crippen LogP contribution in [0.25, 0.3) is 11.2 Å². The van der Waals surface area contributed by atoms with Crippen molar-refractivity contribution in [3.8, 4) is 0 Å². The highest BCUT2D eigenvalue weighted by Crippen LogP contribution is 2.20. The predicted octanol–water partition coefficient (Wildman–Crippen LogP) is 1.37. The third-order valence-electron chi connectivity index (χ3n) is 2.53. The highest BCUT2D eigenvalue weighted by molar-refractivity contribution is 7.90. The van der Waals surface area contributed by atoms with Crippen molar-refractivity contribution in [2.24, 2.45) is 0 Å². The first-order valence-electron chi connectivity index (χ1n) is 4.90. The van der Waals surface area contributed by atoms with Gasteiger partial charge < -0.3 is 4.98 Å². The van der Waals surface area contributed by atoms with Crippen molar-refractivity contribution in [1.29, 1.82) is 0 Å². The summed E-state index contributed by atoms with van der Waals surface area (Å²) in [6, 6.07) is 3.71. The molecule has 0 fully saturated rings. The average molecular weight is 239 g/mol. The zero-order chi connectivity index (χ0) is 11.9. The van der Waals surface area contributed by atoms with E-state index in [4.69, 9.17) is 0 Å². The number of sulfone groups is 1. The first-order valence-corrected chi connectivity index (χ1v) is 6.85. The number of H-pyrrole nitrogens is 1. The van der Waals surface area contributed by atoms with E-state index in [-0.39, 0.29) is 0 Å². The van der Waals surface area contributed by atoms with Crippen LogP contribution in [-0.2, 0) is 9.84 Å². The first-order chi connectivity index (χ1) is 7.38. The number of rotatable bonds is 2. The molecule has 0 aliphatic heterocycles. The van der Waals surface area contributed by atoms with Crippen LogP contribution in [0.1, 0.15) is 23.7 Å².